The second kappa shape index (κ2) is 9.15. The Balaban J connectivity index is 3.22. The zero-order valence-corrected chi connectivity index (χ0v) is 9.78. The van der Waals surface area contributed by atoms with Gasteiger partial charge in [0.15, 0.2) is 0 Å². The smallest absolute Gasteiger partial charge is 0.220 e. The van der Waals surface area contributed by atoms with E-state index in [9.17, 15) is 9.00 Å². The fourth-order valence-electron chi connectivity index (χ4n) is 1.02. The Morgan fingerprint density at radius 3 is 2.57 bits per heavy atom. The van der Waals surface area contributed by atoms with Crippen LogP contribution in [-0.4, -0.2) is 42.3 Å². The van der Waals surface area contributed by atoms with Gasteiger partial charge in [0.1, 0.15) is 0 Å². The normalized spacial score (nSPS) is 12.4. The van der Waals surface area contributed by atoms with Gasteiger partial charge in [0.25, 0.3) is 0 Å². The van der Waals surface area contributed by atoms with E-state index in [4.69, 9.17) is 0 Å². The van der Waals surface area contributed by atoms with Gasteiger partial charge in [0.2, 0.25) is 5.91 Å². The standard InChI is InChI=1S/C9H20N2O2S/c1-10-6-3-5-9(12)11-7-4-8-14(2)13/h10H,3-8H2,1-2H3,(H,11,12). The number of rotatable bonds is 8. The van der Waals surface area contributed by atoms with Crippen LogP contribution in [0.5, 0.6) is 0 Å². The summed E-state index contributed by atoms with van der Waals surface area (Å²) in [7, 11) is 1.12. The Labute approximate surface area is 88.3 Å². The van der Waals surface area contributed by atoms with Gasteiger partial charge in [-0.2, -0.15) is 0 Å². The minimum absolute atomic E-state index is 0.0853. The summed E-state index contributed by atoms with van der Waals surface area (Å²) in [6, 6.07) is 0. The highest BCUT2D eigenvalue weighted by atomic mass is 32.2. The summed E-state index contributed by atoms with van der Waals surface area (Å²) in [5.41, 5.74) is 0. The topological polar surface area (TPSA) is 58.2 Å². The average Bonchev–Trinajstić information content (AvgIpc) is 2.13. The first kappa shape index (κ1) is 13.6. The first-order valence-electron chi connectivity index (χ1n) is 4.88. The maximum Gasteiger partial charge on any atom is 0.220 e. The van der Waals surface area contributed by atoms with E-state index in [1.165, 1.54) is 0 Å². The summed E-state index contributed by atoms with van der Waals surface area (Å²) in [5.74, 6) is 0.749. The minimum atomic E-state index is -0.748. The molecule has 0 bridgehead atoms. The van der Waals surface area contributed by atoms with Crippen LogP contribution < -0.4 is 10.6 Å². The van der Waals surface area contributed by atoms with E-state index in [1.54, 1.807) is 6.26 Å². The van der Waals surface area contributed by atoms with E-state index < -0.39 is 10.8 Å². The van der Waals surface area contributed by atoms with Crippen LogP contribution in [0.3, 0.4) is 0 Å². The maximum absolute atomic E-state index is 11.1. The Hall–Kier alpha value is -0.420. The molecule has 0 aliphatic carbocycles. The first-order chi connectivity index (χ1) is 6.66. The molecule has 0 rings (SSSR count). The molecule has 0 spiro atoms. The molecule has 0 aromatic heterocycles. The summed E-state index contributed by atoms with van der Waals surface area (Å²) in [6.07, 6.45) is 3.90. The lowest BCUT2D eigenvalue weighted by molar-refractivity contribution is -0.121. The minimum Gasteiger partial charge on any atom is -0.356 e. The number of carbonyl (C=O) groups excluding carboxylic acids is 1. The molecule has 0 radical (unpaired) electrons. The fourth-order valence-corrected chi connectivity index (χ4v) is 1.57. The first-order valence-corrected chi connectivity index (χ1v) is 6.61. The molecular weight excluding hydrogens is 200 g/mol. The van der Waals surface area contributed by atoms with E-state index in [0.717, 1.165) is 19.4 Å². The monoisotopic (exact) mass is 220 g/mol. The summed E-state index contributed by atoms with van der Waals surface area (Å²) in [5, 5.41) is 5.78. The van der Waals surface area contributed by atoms with Gasteiger partial charge in [0, 0.05) is 35.8 Å². The lowest BCUT2D eigenvalue weighted by atomic mass is 10.3. The molecule has 1 unspecified atom stereocenters. The third-order valence-electron chi connectivity index (χ3n) is 1.76. The van der Waals surface area contributed by atoms with Crippen LogP contribution in [0.4, 0.5) is 0 Å². The van der Waals surface area contributed by atoms with Gasteiger partial charge in [0.05, 0.1) is 0 Å². The largest absolute Gasteiger partial charge is 0.356 e. The lowest BCUT2D eigenvalue weighted by Gasteiger charge is -2.03. The van der Waals surface area contributed by atoms with E-state index in [2.05, 4.69) is 10.6 Å². The molecule has 84 valence electrons. The van der Waals surface area contributed by atoms with Gasteiger partial charge in [-0.1, -0.05) is 0 Å². The predicted octanol–water partition coefficient (Wildman–Crippen LogP) is -0.129. The molecule has 0 aliphatic heterocycles. The highest BCUT2D eigenvalue weighted by Crippen LogP contribution is 1.87. The summed E-state index contributed by atoms with van der Waals surface area (Å²) < 4.78 is 10.7. The zero-order valence-electron chi connectivity index (χ0n) is 8.97. The third kappa shape index (κ3) is 9.67. The van der Waals surface area contributed by atoms with Crippen molar-refractivity contribution in [3.63, 3.8) is 0 Å². The quantitative estimate of drug-likeness (QED) is 0.560. The highest BCUT2D eigenvalue weighted by molar-refractivity contribution is 7.84. The van der Waals surface area contributed by atoms with Crippen LogP contribution in [0.1, 0.15) is 19.3 Å². The van der Waals surface area contributed by atoms with Gasteiger partial charge in [-0.3, -0.25) is 9.00 Å². The van der Waals surface area contributed by atoms with E-state index >= 15 is 0 Å². The zero-order chi connectivity index (χ0) is 10.8. The molecular formula is C9H20N2O2S. The van der Waals surface area contributed by atoms with Crippen LogP contribution in [0.25, 0.3) is 0 Å². The third-order valence-corrected chi connectivity index (χ3v) is 2.62. The van der Waals surface area contributed by atoms with Crippen LogP contribution in [0.2, 0.25) is 0 Å². The van der Waals surface area contributed by atoms with Gasteiger partial charge >= 0.3 is 0 Å². The Morgan fingerprint density at radius 1 is 1.29 bits per heavy atom. The number of hydrogen-bond acceptors (Lipinski definition) is 3. The van der Waals surface area contributed by atoms with Crippen LogP contribution in [-0.2, 0) is 15.6 Å². The number of hydrogen-bond donors (Lipinski definition) is 2. The highest BCUT2D eigenvalue weighted by Gasteiger charge is 1.99. The molecule has 2 N–H and O–H groups in total. The van der Waals surface area contributed by atoms with Crippen LogP contribution in [0.15, 0.2) is 0 Å². The molecule has 4 nitrogen and oxygen atoms in total. The van der Waals surface area contributed by atoms with Crippen molar-refractivity contribution in [1.29, 1.82) is 0 Å². The van der Waals surface area contributed by atoms with Crippen LogP contribution in [0, 0.1) is 0 Å². The summed E-state index contributed by atoms with van der Waals surface area (Å²) >= 11 is 0. The molecule has 0 saturated carbocycles. The van der Waals surface area contributed by atoms with Crippen molar-refractivity contribution in [3.05, 3.63) is 0 Å². The molecule has 14 heavy (non-hydrogen) atoms. The second-order valence-electron chi connectivity index (χ2n) is 3.19. The van der Waals surface area contributed by atoms with Gasteiger partial charge in [-0.25, -0.2) is 0 Å². The Morgan fingerprint density at radius 2 is 2.00 bits per heavy atom. The van der Waals surface area contributed by atoms with Crippen molar-refractivity contribution in [3.8, 4) is 0 Å². The van der Waals surface area contributed by atoms with Crippen molar-refractivity contribution in [1.82, 2.24) is 10.6 Å². The number of nitrogens with one attached hydrogen (secondary N) is 2. The lowest BCUT2D eigenvalue weighted by Crippen LogP contribution is -2.25. The number of amides is 1. The van der Waals surface area contributed by atoms with Crippen LogP contribution >= 0.6 is 0 Å². The SMILES string of the molecule is CNCCCC(=O)NCCCS(C)=O. The van der Waals surface area contributed by atoms with Crippen molar-refractivity contribution < 1.29 is 9.00 Å². The van der Waals surface area contributed by atoms with Crippen molar-refractivity contribution in [2.24, 2.45) is 0 Å². The van der Waals surface area contributed by atoms with Crippen molar-refractivity contribution >= 4 is 16.7 Å². The average molecular weight is 220 g/mol. The van der Waals surface area contributed by atoms with Gasteiger partial charge < -0.3 is 10.6 Å². The van der Waals surface area contributed by atoms with Crippen molar-refractivity contribution in [2.75, 3.05) is 32.1 Å². The molecule has 0 aliphatic rings. The summed E-state index contributed by atoms with van der Waals surface area (Å²) in [6.45, 7) is 1.50. The van der Waals surface area contributed by atoms with Crippen molar-refractivity contribution in [2.45, 2.75) is 19.3 Å². The molecule has 0 aromatic rings. The van der Waals surface area contributed by atoms with E-state index in [0.29, 0.717) is 18.7 Å². The molecule has 0 heterocycles. The Bertz CT molecular complexity index is 186. The molecule has 5 heteroatoms. The molecule has 1 amide bonds. The molecule has 0 aromatic carbocycles. The Kier molecular flexibility index (Phi) is 8.87. The fraction of sp³-hybridized carbons (Fsp3) is 0.889. The molecule has 0 saturated heterocycles. The second-order valence-corrected chi connectivity index (χ2v) is 4.74. The van der Waals surface area contributed by atoms with E-state index in [1.807, 2.05) is 7.05 Å². The van der Waals surface area contributed by atoms with Gasteiger partial charge in [-0.15, -0.1) is 0 Å². The van der Waals surface area contributed by atoms with E-state index in [-0.39, 0.29) is 5.91 Å². The van der Waals surface area contributed by atoms with Gasteiger partial charge in [-0.05, 0) is 26.4 Å². The molecule has 0 fully saturated rings. The maximum atomic E-state index is 11.1. The number of carbonyl (C=O) groups is 1. The summed E-state index contributed by atoms with van der Waals surface area (Å²) in [4.78, 5) is 11.1. The predicted molar refractivity (Wildman–Crippen MR) is 59.7 cm³/mol. The molecule has 1 atom stereocenters.